The number of thioether (sulfide) groups is 1. The quantitative estimate of drug-likeness (QED) is 0.429. The van der Waals surface area contributed by atoms with Crippen molar-refractivity contribution < 1.29 is 5.11 Å². The molecule has 0 aliphatic carbocycles. The van der Waals surface area contributed by atoms with Gasteiger partial charge < -0.3 is 10.4 Å². The lowest BCUT2D eigenvalue weighted by Gasteiger charge is -2.26. The Labute approximate surface area is 114 Å². The van der Waals surface area contributed by atoms with Gasteiger partial charge >= 0.3 is 0 Å². The fourth-order valence-electron chi connectivity index (χ4n) is 1.52. The second-order valence-electron chi connectivity index (χ2n) is 4.82. The van der Waals surface area contributed by atoms with E-state index in [2.05, 4.69) is 15.3 Å². The molecule has 1 atom stereocenters. The Balaban J connectivity index is 2.17. The van der Waals surface area contributed by atoms with Crippen molar-refractivity contribution in [2.24, 2.45) is 0 Å². The van der Waals surface area contributed by atoms with Gasteiger partial charge in [-0.2, -0.15) is 0 Å². The summed E-state index contributed by atoms with van der Waals surface area (Å²) < 4.78 is 0. The lowest BCUT2D eigenvalue weighted by molar-refractivity contribution is 0.171. The predicted molar refractivity (Wildman–Crippen MR) is 75.9 cm³/mol. The molecule has 1 rings (SSSR count). The molecule has 0 bridgehead atoms. The summed E-state index contributed by atoms with van der Waals surface area (Å²) in [6, 6.07) is 0. The summed E-state index contributed by atoms with van der Waals surface area (Å²) in [5.41, 5.74) is 0.942. The molecular formula is C13H23N3OS. The summed E-state index contributed by atoms with van der Waals surface area (Å²) in [4.78, 5) is 8.51. The molecule has 1 aromatic rings. The number of aliphatic hydroxyl groups is 1. The molecule has 1 unspecified atom stereocenters. The predicted octanol–water partition coefficient (Wildman–Crippen LogP) is 2.02. The maximum Gasteiger partial charge on any atom is 0.187 e. The van der Waals surface area contributed by atoms with Crippen molar-refractivity contribution in [2.75, 3.05) is 19.4 Å². The fraction of sp³-hybridized carbons (Fsp3) is 0.692. The van der Waals surface area contributed by atoms with Gasteiger partial charge in [-0.25, -0.2) is 9.97 Å². The van der Waals surface area contributed by atoms with Crippen LogP contribution in [0.15, 0.2) is 17.6 Å². The SMILES string of the molecule is CNC(C)(CO)CCCCSc1ncc(C)cn1. The van der Waals surface area contributed by atoms with Crippen LogP contribution in [0.5, 0.6) is 0 Å². The average molecular weight is 269 g/mol. The summed E-state index contributed by atoms with van der Waals surface area (Å²) >= 11 is 1.69. The zero-order chi connectivity index (χ0) is 13.4. The van der Waals surface area contributed by atoms with Crippen LogP contribution in [0.25, 0.3) is 0 Å². The summed E-state index contributed by atoms with van der Waals surface area (Å²) in [7, 11) is 1.89. The number of hydrogen-bond acceptors (Lipinski definition) is 5. The summed E-state index contributed by atoms with van der Waals surface area (Å²) in [5.74, 6) is 1.02. The smallest absolute Gasteiger partial charge is 0.187 e. The first kappa shape index (κ1) is 15.4. The van der Waals surface area contributed by atoms with Crippen LogP contribution in [0.1, 0.15) is 31.7 Å². The van der Waals surface area contributed by atoms with E-state index in [4.69, 9.17) is 0 Å². The Kier molecular flexibility index (Phi) is 6.60. The molecular weight excluding hydrogens is 246 g/mol. The van der Waals surface area contributed by atoms with Crippen LogP contribution in [0, 0.1) is 6.92 Å². The molecule has 0 aliphatic rings. The van der Waals surface area contributed by atoms with Crippen LogP contribution in [0.2, 0.25) is 0 Å². The molecule has 102 valence electrons. The molecule has 1 heterocycles. The third-order valence-corrected chi connectivity index (χ3v) is 4.03. The molecule has 0 aliphatic heterocycles. The second kappa shape index (κ2) is 7.71. The summed E-state index contributed by atoms with van der Waals surface area (Å²) in [6.45, 7) is 4.21. The Bertz CT molecular complexity index is 339. The largest absolute Gasteiger partial charge is 0.394 e. The first-order valence-electron chi connectivity index (χ1n) is 6.31. The van der Waals surface area contributed by atoms with E-state index in [1.165, 1.54) is 0 Å². The van der Waals surface area contributed by atoms with Gasteiger partial charge in [0.25, 0.3) is 0 Å². The third kappa shape index (κ3) is 5.33. The molecule has 0 amide bonds. The minimum atomic E-state index is -0.148. The molecule has 0 saturated carbocycles. The highest BCUT2D eigenvalue weighted by atomic mass is 32.2. The zero-order valence-electron chi connectivity index (χ0n) is 11.4. The van der Waals surface area contributed by atoms with Crippen molar-refractivity contribution in [3.63, 3.8) is 0 Å². The Hall–Kier alpha value is -0.650. The molecule has 0 spiro atoms. The van der Waals surface area contributed by atoms with Crippen LogP contribution in [0.4, 0.5) is 0 Å². The minimum Gasteiger partial charge on any atom is -0.394 e. The van der Waals surface area contributed by atoms with E-state index in [0.29, 0.717) is 0 Å². The fourth-order valence-corrected chi connectivity index (χ4v) is 2.30. The minimum absolute atomic E-state index is 0.148. The van der Waals surface area contributed by atoms with Gasteiger partial charge in [-0.3, -0.25) is 0 Å². The number of nitrogens with one attached hydrogen (secondary N) is 1. The number of aromatic nitrogens is 2. The van der Waals surface area contributed by atoms with Gasteiger partial charge in [0.05, 0.1) is 6.61 Å². The Morgan fingerprint density at radius 3 is 2.56 bits per heavy atom. The molecule has 0 radical (unpaired) electrons. The Morgan fingerprint density at radius 2 is 2.00 bits per heavy atom. The number of rotatable bonds is 8. The van der Waals surface area contributed by atoms with Crippen molar-refractivity contribution >= 4 is 11.8 Å². The van der Waals surface area contributed by atoms with Crippen molar-refractivity contribution in [1.82, 2.24) is 15.3 Å². The molecule has 0 aromatic carbocycles. The number of aliphatic hydroxyl groups excluding tert-OH is 1. The highest BCUT2D eigenvalue weighted by Crippen LogP contribution is 2.17. The van der Waals surface area contributed by atoms with Gasteiger partial charge in [0, 0.05) is 23.7 Å². The second-order valence-corrected chi connectivity index (χ2v) is 5.88. The van der Waals surface area contributed by atoms with E-state index < -0.39 is 0 Å². The van der Waals surface area contributed by atoms with Crippen molar-refractivity contribution in [1.29, 1.82) is 0 Å². The summed E-state index contributed by atoms with van der Waals surface area (Å²) in [5, 5.41) is 13.3. The van der Waals surface area contributed by atoms with Crippen LogP contribution in [-0.4, -0.2) is 40.0 Å². The van der Waals surface area contributed by atoms with Crippen molar-refractivity contribution in [3.8, 4) is 0 Å². The molecule has 5 heteroatoms. The van der Waals surface area contributed by atoms with Crippen LogP contribution in [-0.2, 0) is 0 Å². The molecule has 18 heavy (non-hydrogen) atoms. The van der Waals surface area contributed by atoms with Crippen molar-refractivity contribution in [3.05, 3.63) is 18.0 Å². The average Bonchev–Trinajstić information content (AvgIpc) is 2.40. The monoisotopic (exact) mass is 269 g/mol. The maximum absolute atomic E-state index is 9.26. The van der Waals surface area contributed by atoms with E-state index in [1.54, 1.807) is 11.8 Å². The molecule has 1 aromatic heterocycles. The number of nitrogens with zero attached hydrogens (tertiary/aromatic N) is 2. The molecule has 0 fully saturated rings. The lowest BCUT2D eigenvalue weighted by Crippen LogP contribution is -2.43. The van der Waals surface area contributed by atoms with Gasteiger partial charge in [-0.05, 0) is 39.3 Å². The van der Waals surface area contributed by atoms with E-state index in [-0.39, 0.29) is 12.1 Å². The number of unbranched alkanes of at least 4 members (excludes halogenated alkanes) is 1. The van der Waals surface area contributed by atoms with E-state index in [0.717, 1.165) is 35.7 Å². The first-order chi connectivity index (χ1) is 8.59. The van der Waals surface area contributed by atoms with E-state index in [1.807, 2.05) is 33.3 Å². The first-order valence-corrected chi connectivity index (χ1v) is 7.29. The Morgan fingerprint density at radius 1 is 1.33 bits per heavy atom. The van der Waals surface area contributed by atoms with Crippen LogP contribution in [0.3, 0.4) is 0 Å². The van der Waals surface area contributed by atoms with Crippen molar-refractivity contribution in [2.45, 2.75) is 43.8 Å². The van der Waals surface area contributed by atoms with Gasteiger partial charge in [0.1, 0.15) is 0 Å². The van der Waals surface area contributed by atoms with Crippen LogP contribution < -0.4 is 5.32 Å². The summed E-state index contributed by atoms with van der Waals surface area (Å²) in [6.07, 6.45) is 6.88. The van der Waals surface area contributed by atoms with Gasteiger partial charge in [0.15, 0.2) is 5.16 Å². The third-order valence-electron chi connectivity index (χ3n) is 3.06. The maximum atomic E-state index is 9.26. The van der Waals surface area contributed by atoms with Gasteiger partial charge in [-0.1, -0.05) is 18.2 Å². The number of likely N-dealkylation sites (N-methyl/N-ethyl adjacent to an activating group) is 1. The number of hydrogen-bond donors (Lipinski definition) is 2. The standard InChI is InChI=1S/C13H23N3OS/c1-11-8-15-12(16-9-11)18-7-5-4-6-13(2,10-17)14-3/h8-9,14,17H,4-7,10H2,1-3H3. The molecule has 0 saturated heterocycles. The van der Waals surface area contributed by atoms with Gasteiger partial charge in [0.2, 0.25) is 0 Å². The van der Waals surface area contributed by atoms with E-state index >= 15 is 0 Å². The van der Waals surface area contributed by atoms with Crippen LogP contribution >= 0.6 is 11.8 Å². The number of aryl methyl sites for hydroxylation is 1. The highest BCUT2D eigenvalue weighted by molar-refractivity contribution is 7.99. The topological polar surface area (TPSA) is 58.0 Å². The normalized spacial score (nSPS) is 14.4. The highest BCUT2D eigenvalue weighted by Gasteiger charge is 2.19. The lowest BCUT2D eigenvalue weighted by atomic mass is 9.96. The van der Waals surface area contributed by atoms with Gasteiger partial charge in [-0.15, -0.1) is 0 Å². The molecule has 4 nitrogen and oxygen atoms in total. The zero-order valence-corrected chi connectivity index (χ0v) is 12.3. The van der Waals surface area contributed by atoms with E-state index in [9.17, 15) is 5.11 Å². The molecule has 2 N–H and O–H groups in total.